The highest BCUT2D eigenvalue weighted by Crippen LogP contribution is 2.37. The summed E-state index contributed by atoms with van der Waals surface area (Å²) in [7, 11) is -3.43. The second kappa shape index (κ2) is 6.28. The van der Waals surface area contributed by atoms with Gasteiger partial charge >= 0.3 is 0 Å². The summed E-state index contributed by atoms with van der Waals surface area (Å²) in [5, 5.41) is 0. The van der Waals surface area contributed by atoms with Gasteiger partial charge in [-0.05, 0) is 32.3 Å². The Labute approximate surface area is 121 Å². The van der Waals surface area contributed by atoms with Crippen LogP contribution in [0.25, 0.3) is 0 Å². The van der Waals surface area contributed by atoms with Crippen molar-refractivity contribution in [2.75, 3.05) is 0 Å². The van der Waals surface area contributed by atoms with Crippen LogP contribution in [0.2, 0.25) is 0 Å². The van der Waals surface area contributed by atoms with Crippen LogP contribution in [0.3, 0.4) is 0 Å². The molecule has 0 saturated heterocycles. The summed E-state index contributed by atoms with van der Waals surface area (Å²) in [5.41, 5.74) is 6.60. The first kappa shape index (κ1) is 15.5. The topological polar surface area (TPSA) is 77.1 Å². The molecule has 2 rings (SSSR count). The molecular formula is C14H25N3O2S. The van der Waals surface area contributed by atoms with Crippen LogP contribution >= 0.6 is 0 Å². The van der Waals surface area contributed by atoms with E-state index in [1.165, 1.54) is 0 Å². The van der Waals surface area contributed by atoms with Crippen molar-refractivity contribution in [3.63, 3.8) is 0 Å². The van der Waals surface area contributed by atoms with Gasteiger partial charge in [0.1, 0.15) is 0 Å². The monoisotopic (exact) mass is 299 g/mol. The zero-order valence-electron chi connectivity index (χ0n) is 12.3. The van der Waals surface area contributed by atoms with Gasteiger partial charge in [0, 0.05) is 30.5 Å². The van der Waals surface area contributed by atoms with Gasteiger partial charge in [-0.2, -0.15) is 0 Å². The van der Waals surface area contributed by atoms with Crippen molar-refractivity contribution in [3.05, 3.63) is 18.0 Å². The number of nitrogens with zero attached hydrogens (tertiary/aromatic N) is 1. The molecule has 1 heterocycles. The predicted molar refractivity (Wildman–Crippen MR) is 79.9 cm³/mol. The van der Waals surface area contributed by atoms with E-state index < -0.39 is 10.0 Å². The Morgan fingerprint density at radius 1 is 1.50 bits per heavy atom. The molecule has 0 aromatic carbocycles. The van der Waals surface area contributed by atoms with E-state index in [0.717, 1.165) is 37.8 Å². The minimum atomic E-state index is -3.43. The average Bonchev–Trinajstić information content (AvgIpc) is 3.14. The minimum absolute atomic E-state index is 0.0365. The summed E-state index contributed by atoms with van der Waals surface area (Å²) in [6.45, 7) is 4.39. The molecule has 0 bridgehead atoms. The van der Waals surface area contributed by atoms with E-state index in [9.17, 15) is 8.42 Å². The first-order valence-corrected chi connectivity index (χ1v) is 8.89. The number of hydrogen-bond acceptors (Lipinski definition) is 3. The smallest absolute Gasteiger partial charge is 0.242 e. The molecule has 3 N–H and O–H groups in total. The van der Waals surface area contributed by atoms with E-state index in [1.54, 1.807) is 12.3 Å². The van der Waals surface area contributed by atoms with Crippen LogP contribution < -0.4 is 10.5 Å². The molecule has 1 aliphatic rings. The normalized spacial score (nSPS) is 17.4. The van der Waals surface area contributed by atoms with Gasteiger partial charge in [-0.15, -0.1) is 0 Å². The van der Waals surface area contributed by atoms with Crippen LogP contribution in [0.4, 0.5) is 0 Å². The fraction of sp³-hybridized carbons (Fsp3) is 0.714. The van der Waals surface area contributed by atoms with E-state index in [4.69, 9.17) is 5.73 Å². The molecule has 20 heavy (non-hydrogen) atoms. The van der Waals surface area contributed by atoms with Crippen LogP contribution in [0, 0.1) is 0 Å². The van der Waals surface area contributed by atoms with Crippen LogP contribution in [0.15, 0.2) is 17.2 Å². The summed E-state index contributed by atoms with van der Waals surface area (Å²) in [5.74, 6) is 0. The zero-order valence-corrected chi connectivity index (χ0v) is 13.1. The molecular weight excluding hydrogens is 274 g/mol. The van der Waals surface area contributed by atoms with E-state index >= 15 is 0 Å². The predicted octanol–water partition coefficient (Wildman–Crippen LogP) is 2.14. The summed E-state index contributed by atoms with van der Waals surface area (Å²) in [6, 6.07) is 2.10. The van der Waals surface area contributed by atoms with Crippen molar-refractivity contribution >= 4 is 10.0 Å². The molecule has 114 valence electrons. The number of nitrogens with one attached hydrogen (secondary N) is 1. The average molecular weight is 299 g/mol. The number of aromatic nitrogens is 1. The largest absolute Gasteiger partial charge is 0.346 e. The van der Waals surface area contributed by atoms with Gasteiger partial charge in [0.05, 0.1) is 4.90 Å². The van der Waals surface area contributed by atoms with Crippen molar-refractivity contribution in [2.24, 2.45) is 5.73 Å². The molecule has 1 aromatic rings. The standard InChI is InChI=1S/C14H25N3O2S/c1-3-4-5-11(2)16-20(18,19)14-8-13(9-15)17(10-14)12-6-7-12/h8,10-12,16H,3-7,9,15H2,1-2H3. The molecule has 1 atom stereocenters. The highest BCUT2D eigenvalue weighted by molar-refractivity contribution is 7.89. The fourth-order valence-corrected chi connectivity index (χ4v) is 3.73. The number of nitrogens with two attached hydrogens (primary N) is 1. The van der Waals surface area contributed by atoms with Crippen molar-refractivity contribution in [1.82, 2.24) is 9.29 Å². The van der Waals surface area contributed by atoms with Crippen molar-refractivity contribution in [1.29, 1.82) is 0 Å². The third-order valence-corrected chi connectivity index (χ3v) is 5.27. The van der Waals surface area contributed by atoms with Gasteiger partial charge in [0.25, 0.3) is 0 Å². The van der Waals surface area contributed by atoms with Crippen molar-refractivity contribution in [3.8, 4) is 0 Å². The summed E-state index contributed by atoms with van der Waals surface area (Å²) >= 11 is 0. The zero-order chi connectivity index (χ0) is 14.8. The van der Waals surface area contributed by atoms with Crippen LogP contribution in [-0.2, 0) is 16.6 Å². The molecule has 1 saturated carbocycles. The quantitative estimate of drug-likeness (QED) is 0.772. The van der Waals surface area contributed by atoms with Gasteiger partial charge in [-0.1, -0.05) is 19.8 Å². The SMILES string of the molecule is CCCCC(C)NS(=O)(=O)c1cc(CN)n(C2CC2)c1. The first-order valence-electron chi connectivity index (χ1n) is 7.41. The summed E-state index contributed by atoms with van der Waals surface area (Å²) in [6.07, 6.45) is 6.92. The number of unbranched alkanes of at least 4 members (excludes halogenated alkanes) is 1. The molecule has 6 heteroatoms. The molecule has 1 fully saturated rings. The molecule has 0 spiro atoms. The lowest BCUT2D eigenvalue weighted by Crippen LogP contribution is -2.32. The lowest BCUT2D eigenvalue weighted by Gasteiger charge is -2.12. The second-order valence-electron chi connectivity index (χ2n) is 5.67. The van der Waals surface area contributed by atoms with E-state index in [-0.39, 0.29) is 6.04 Å². The van der Waals surface area contributed by atoms with Gasteiger partial charge in [-0.3, -0.25) is 0 Å². The van der Waals surface area contributed by atoms with Crippen LogP contribution in [0.5, 0.6) is 0 Å². The Hall–Kier alpha value is -0.850. The van der Waals surface area contributed by atoms with E-state index in [2.05, 4.69) is 11.6 Å². The number of hydrogen-bond donors (Lipinski definition) is 2. The maximum absolute atomic E-state index is 12.4. The van der Waals surface area contributed by atoms with Gasteiger partial charge < -0.3 is 10.3 Å². The number of rotatable bonds is 8. The first-order chi connectivity index (χ1) is 9.47. The highest BCUT2D eigenvalue weighted by Gasteiger charge is 2.28. The third kappa shape index (κ3) is 3.62. The van der Waals surface area contributed by atoms with Gasteiger partial charge in [-0.25, -0.2) is 13.1 Å². The van der Waals surface area contributed by atoms with Gasteiger partial charge in [0.2, 0.25) is 10.0 Å². The summed E-state index contributed by atoms with van der Waals surface area (Å²) < 4.78 is 29.5. The molecule has 0 aliphatic heterocycles. The van der Waals surface area contributed by atoms with Crippen LogP contribution in [0.1, 0.15) is 57.7 Å². The van der Waals surface area contributed by atoms with Gasteiger partial charge in [0.15, 0.2) is 0 Å². The maximum atomic E-state index is 12.4. The molecule has 1 aromatic heterocycles. The maximum Gasteiger partial charge on any atom is 0.242 e. The minimum Gasteiger partial charge on any atom is -0.346 e. The Morgan fingerprint density at radius 3 is 2.75 bits per heavy atom. The third-order valence-electron chi connectivity index (χ3n) is 3.71. The fourth-order valence-electron chi connectivity index (χ4n) is 2.40. The lowest BCUT2D eigenvalue weighted by molar-refractivity contribution is 0.534. The highest BCUT2D eigenvalue weighted by atomic mass is 32.2. The number of sulfonamides is 1. The molecule has 1 unspecified atom stereocenters. The van der Waals surface area contributed by atoms with E-state index in [0.29, 0.717) is 17.5 Å². The molecule has 5 nitrogen and oxygen atoms in total. The Morgan fingerprint density at radius 2 is 2.20 bits per heavy atom. The second-order valence-corrected chi connectivity index (χ2v) is 7.39. The Balaban J connectivity index is 2.12. The van der Waals surface area contributed by atoms with Crippen molar-refractivity contribution < 1.29 is 8.42 Å². The molecule has 0 amide bonds. The van der Waals surface area contributed by atoms with Crippen molar-refractivity contribution in [2.45, 2.75) is 69.5 Å². The Bertz CT molecular complexity index is 547. The lowest BCUT2D eigenvalue weighted by atomic mass is 10.2. The van der Waals surface area contributed by atoms with E-state index in [1.807, 2.05) is 11.5 Å². The van der Waals surface area contributed by atoms with Crippen LogP contribution in [-0.4, -0.2) is 19.0 Å². The summed E-state index contributed by atoms with van der Waals surface area (Å²) in [4.78, 5) is 0.341. The molecule has 1 aliphatic carbocycles. The molecule has 0 radical (unpaired) electrons. The Kier molecular flexibility index (Phi) is 4.88.